The van der Waals surface area contributed by atoms with E-state index in [0.717, 1.165) is 60.9 Å². The van der Waals surface area contributed by atoms with Crippen LogP contribution in [0.3, 0.4) is 0 Å². The van der Waals surface area contributed by atoms with Gasteiger partial charge in [-0.3, -0.25) is 0 Å². The molecule has 2 aliphatic rings. The van der Waals surface area contributed by atoms with E-state index in [9.17, 15) is 0 Å². The van der Waals surface area contributed by atoms with Gasteiger partial charge in [-0.1, -0.05) is 97.8 Å². The molecule has 2 aliphatic carbocycles. The van der Waals surface area contributed by atoms with Crippen LogP contribution in [0.2, 0.25) is 0 Å². The summed E-state index contributed by atoms with van der Waals surface area (Å²) in [5.41, 5.74) is 12.6. The predicted octanol–water partition coefficient (Wildman–Crippen LogP) is 11.8. The quantitative estimate of drug-likeness (QED) is 0.213. The lowest BCUT2D eigenvalue weighted by molar-refractivity contribution is 0.550. The van der Waals surface area contributed by atoms with Crippen LogP contribution in [0.25, 0.3) is 55.0 Å². The summed E-state index contributed by atoms with van der Waals surface area (Å²) in [4.78, 5) is 2.40. The predicted molar refractivity (Wildman–Crippen MR) is 180 cm³/mol. The number of hydrogen-bond donors (Lipinski definition) is 0. The highest BCUT2D eigenvalue weighted by molar-refractivity contribution is 6.16. The van der Waals surface area contributed by atoms with Gasteiger partial charge in [0.2, 0.25) is 0 Å². The maximum atomic E-state index is 6.66. The molecule has 3 nitrogen and oxygen atoms in total. The van der Waals surface area contributed by atoms with E-state index in [0.29, 0.717) is 0 Å². The zero-order chi connectivity index (χ0) is 28.8. The van der Waals surface area contributed by atoms with E-state index < -0.39 is 0 Å². The minimum Gasteiger partial charge on any atom is -0.456 e. The Morgan fingerprint density at radius 3 is 2.05 bits per heavy atom. The van der Waals surface area contributed by atoms with E-state index in [4.69, 9.17) is 8.83 Å². The first-order valence-corrected chi connectivity index (χ1v) is 15.7. The summed E-state index contributed by atoms with van der Waals surface area (Å²) >= 11 is 0. The van der Waals surface area contributed by atoms with Gasteiger partial charge < -0.3 is 13.7 Å². The molecule has 10 rings (SSSR count). The summed E-state index contributed by atoms with van der Waals surface area (Å²) in [5, 5.41) is 4.47. The van der Waals surface area contributed by atoms with E-state index >= 15 is 0 Å². The highest BCUT2D eigenvalue weighted by atomic mass is 16.3. The summed E-state index contributed by atoms with van der Waals surface area (Å²) in [6.07, 6.45) is 4.92. The van der Waals surface area contributed by atoms with Crippen molar-refractivity contribution >= 4 is 60.9 Å². The third-order valence-corrected chi connectivity index (χ3v) is 10.2. The third kappa shape index (κ3) is 3.16. The molecule has 1 saturated carbocycles. The number of nitrogens with zero attached hydrogens (tertiary/aromatic N) is 1. The summed E-state index contributed by atoms with van der Waals surface area (Å²) in [7, 11) is 0. The van der Waals surface area contributed by atoms with Crippen LogP contribution < -0.4 is 4.90 Å². The van der Waals surface area contributed by atoms with Crippen LogP contribution in [0, 0.1) is 0 Å². The zero-order valence-corrected chi connectivity index (χ0v) is 24.2. The third-order valence-electron chi connectivity index (χ3n) is 10.2. The Morgan fingerprint density at radius 1 is 0.500 bits per heavy atom. The Kier molecular flexibility index (Phi) is 4.88. The molecular weight excluding hydrogens is 538 g/mol. The van der Waals surface area contributed by atoms with E-state index in [1.54, 1.807) is 0 Å². The first kappa shape index (κ1) is 24.2. The summed E-state index contributed by atoms with van der Waals surface area (Å²) in [6.45, 7) is 0. The fourth-order valence-electron chi connectivity index (χ4n) is 8.36. The molecule has 0 saturated heterocycles. The van der Waals surface area contributed by atoms with Crippen LogP contribution in [0.5, 0.6) is 0 Å². The smallest absolute Gasteiger partial charge is 0.159 e. The molecule has 0 radical (unpaired) electrons. The Bertz CT molecular complexity index is 2420. The minimum atomic E-state index is 0.0767. The second-order valence-electron chi connectivity index (χ2n) is 12.4. The van der Waals surface area contributed by atoms with Crippen molar-refractivity contribution in [1.29, 1.82) is 0 Å². The van der Waals surface area contributed by atoms with Gasteiger partial charge in [-0.2, -0.15) is 0 Å². The molecule has 2 heterocycles. The van der Waals surface area contributed by atoms with Crippen LogP contribution in [0.1, 0.15) is 36.8 Å². The number of benzene rings is 6. The molecule has 0 aliphatic heterocycles. The number of para-hydroxylation sites is 3. The Morgan fingerprint density at radius 2 is 1.16 bits per heavy atom. The van der Waals surface area contributed by atoms with E-state index in [1.165, 1.54) is 47.9 Å². The fraction of sp³-hybridized carbons (Fsp3) is 0.122. The van der Waals surface area contributed by atoms with Gasteiger partial charge in [0.15, 0.2) is 5.58 Å². The first-order valence-electron chi connectivity index (χ1n) is 15.7. The van der Waals surface area contributed by atoms with E-state index in [1.807, 2.05) is 12.1 Å². The Labute approximate surface area is 254 Å². The SMILES string of the molecule is c1ccc2c(c1)-c1ccc(N(c3cccc4c3oc3ccccc34)c3cccc4oc5ccccc5c34)cc1C21CCCC1. The lowest BCUT2D eigenvalue weighted by atomic mass is 9.76. The molecule has 0 atom stereocenters. The molecule has 2 aromatic heterocycles. The molecule has 0 unspecified atom stereocenters. The number of anilines is 3. The summed E-state index contributed by atoms with van der Waals surface area (Å²) < 4.78 is 13.1. The highest BCUT2D eigenvalue weighted by Gasteiger charge is 2.45. The molecule has 6 aromatic carbocycles. The molecule has 8 aromatic rings. The summed E-state index contributed by atoms with van der Waals surface area (Å²) in [6, 6.07) is 45.8. The van der Waals surface area contributed by atoms with Crippen LogP contribution in [0.15, 0.2) is 136 Å². The maximum absolute atomic E-state index is 6.66. The molecular formula is C41H29NO2. The number of fused-ring (bicyclic) bond motifs is 11. The monoisotopic (exact) mass is 567 g/mol. The van der Waals surface area contributed by atoms with Gasteiger partial charge in [0.05, 0.1) is 16.8 Å². The second kappa shape index (κ2) is 8.87. The van der Waals surface area contributed by atoms with Crippen molar-refractivity contribution in [2.24, 2.45) is 0 Å². The Balaban J connectivity index is 1.29. The van der Waals surface area contributed by atoms with Crippen molar-refractivity contribution in [3.05, 3.63) is 139 Å². The van der Waals surface area contributed by atoms with Crippen molar-refractivity contribution in [1.82, 2.24) is 0 Å². The van der Waals surface area contributed by atoms with Gasteiger partial charge in [-0.25, -0.2) is 0 Å². The van der Waals surface area contributed by atoms with Gasteiger partial charge in [0, 0.05) is 27.3 Å². The topological polar surface area (TPSA) is 29.5 Å². The van der Waals surface area contributed by atoms with Gasteiger partial charge >= 0.3 is 0 Å². The van der Waals surface area contributed by atoms with Gasteiger partial charge in [-0.15, -0.1) is 0 Å². The Hall–Kier alpha value is -5.28. The molecule has 0 N–H and O–H groups in total. The molecule has 1 spiro atoms. The molecule has 0 bridgehead atoms. The van der Waals surface area contributed by atoms with Crippen molar-refractivity contribution in [3.8, 4) is 11.1 Å². The van der Waals surface area contributed by atoms with Crippen LogP contribution in [0.4, 0.5) is 17.1 Å². The number of hydrogen-bond acceptors (Lipinski definition) is 3. The standard InChI is InChI=1S/C41H29NO2/c1-4-15-32-27(11-1)28-22-21-26(25-33(28)41(32)23-7-8-24-41)42(34-16-10-20-38-39(34)31-13-3-6-19-37(31)43-38)35-17-9-14-30-29-12-2-5-18-36(29)44-40(30)35/h1-6,9-22,25H,7-8,23-24H2. The first-order chi connectivity index (χ1) is 21.8. The average Bonchev–Trinajstić information content (AvgIpc) is 3.85. The van der Waals surface area contributed by atoms with Crippen molar-refractivity contribution in [2.75, 3.05) is 4.90 Å². The zero-order valence-electron chi connectivity index (χ0n) is 24.2. The average molecular weight is 568 g/mol. The van der Waals surface area contributed by atoms with E-state index in [-0.39, 0.29) is 5.41 Å². The van der Waals surface area contributed by atoms with Crippen molar-refractivity contribution in [3.63, 3.8) is 0 Å². The fourth-order valence-corrected chi connectivity index (χ4v) is 8.36. The van der Waals surface area contributed by atoms with Crippen LogP contribution in [-0.4, -0.2) is 0 Å². The second-order valence-corrected chi connectivity index (χ2v) is 12.4. The lowest BCUT2D eigenvalue weighted by Crippen LogP contribution is -2.21. The highest BCUT2D eigenvalue weighted by Crippen LogP contribution is 2.58. The largest absolute Gasteiger partial charge is 0.456 e. The molecule has 44 heavy (non-hydrogen) atoms. The van der Waals surface area contributed by atoms with Gasteiger partial charge in [0.25, 0.3) is 0 Å². The summed E-state index contributed by atoms with van der Waals surface area (Å²) in [5.74, 6) is 0. The maximum Gasteiger partial charge on any atom is 0.159 e. The number of furan rings is 2. The van der Waals surface area contributed by atoms with Gasteiger partial charge in [0.1, 0.15) is 16.7 Å². The lowest BCUT2D eigenvalue weighted by Gasteiger charge is -2.30. The van der Waals surface area contributed by atoms with Gasteiger partial charge in [-0.05, 0) is 77.6 Å². The minimum absolute atomic E-state index is 0.0767. The molecule has 0 amide bonds. The molecule has 3 heteroatoms. The van der Waals surface area contributed by atoms with Crippen LogP contribution >= 0.6 is 0 Å². The van der Waals surface area contributed by atoms with Crippen molar-refractivity contribution in [2.45, 2.75) is 31.1 Å². The van der Waals surface area contributed by atoms with E-state index in [2.05, 4.69) is 120 Å². The molecule has 1 fully saturated rings. The van der Waals surface area contributed by atoms with Crippen LogP contribution in [-0.2, 0) is 5.41 Å². The normalized spacial score (nSPS) is 15.1. The van der Waals surface area contributed by atoms with Crippen molar-refractivity contribution < 1.29 is 8.83 Å². The number of rotatable bonds is 3. The molecule has 210 valence electrons.